The van der Waals surface area contributed by atoms with E-state index in [0.717, 1.165) is 0 Å². The van der Waals surface area contributed by atoms with Gasteiger partial charge in [-0.1, -0.05) is 41.9 Å². The molecule has 0 unspecified atom stereocenters. The van der Waals surface area contributed by atoms with Crippen LogP contribution in [0.1, 0.15) is 41.0 Å². The second-order valence-corrected chi connectivity index (χ2v) is 8.92. The average Bonchev–Trinajstić information content (AvgIpc) is 3.22. The summed E-state index contributed by atoms with van der Waals surface area (Å²) in [7, 11) is 0. The van der Waals surface area contributed by atoms with E-state index in [-0.39, 0.29) is 30.6 Å². The van der Waals surface area contributed by atoms with Crippen molar-refractivity contribution < 1.29 is 23.8 Å². The average molecular weight is 459 g/mol. The first-order valence-electron chi connectivity index (χ1n) is 10.7. The van der Waals surface area contributed by atoms with Crippen LogP contribution in [0.5, 0.6) is 0 Å². The van der Waals surface area contributed by atoms with E-state index in [1.165, 1.54) is 0 Å². The second-order valence-electron chi connectivity index (χ2n) is 8.52. The molecule has 0 aromatic heterocycles. The number of rotatable bonds is 7. The molecule has 3 atom stereocenters. The zero-order valence-electron chi connectivity index (χ0n) is 18.1. The predicted octanol–water partition coefficient (Wildman–Crippen LogP) is 3.18. The van der Waals surface area contributed by atoms with Crippen molar-refractivity contribution in [2.75, 3.05) is 19.7 Å². The maximum Gasteiger partial charge on any atom is 0.252 e. The van der Waals surface area contributed by atoms with Crippen molar-refractivity contribution in [3.63, 3.8) is 0 Å². The number of carbonyl (C=O) groups is 2. The first-order valence-corrected chi connectivity index (χ1v) is 11.0. The SMILES string of the molecule is CC1(C)O[C@@H]2[C@@H](CNC(=O)c3ccccc3Cl)OC[C@]2(CCNC(=O)c2ccccc2)O1. The molecule has 2 heterocycles. The van der Waals surface area contributed by atoms with E-state index in [2.05, 4.69) is 10.6 Å². The summed E-state index contributed by atoms with van der Waals surface area (Å²) in [6.07, 6.45) is -0.236. The molecule has 0 radical (unpaired) electrons. The van der Waals surface area contributed by atoms with E-state index in [0.29, 0.717) is 35.7 Å². The third kappa shape index (κ3) is 4.81. The molecule has 4 rings (SSSR count). The molecular weight excluding hydrogens is 432 g/mol. The number of amides is 2. The summed E-state index contributed by atoms with van der Waals surface area (Å²) in [6.45, 7) is 4.69. The minimum absolute atomic E-state index is 0.140. The number of nitrogens with one attached hydrogen (secondary N) is 2. The molecule has 8 heteroatoms. The van der Waals surface area contributed by atoms with Gasteiger partial charge >= 0.3 is 0 Å². The van der Waals surface area contributed by atoms with Gasteiger partial charge in [0.25, 0.3) is 11.8 Å². The Morgan fingerprint density at radius 3 is 2.50 bits per heavy atom. The van der Waals surface area contributed by atoms with Gasteiger partial charge in [-0.15, -0.1) is 0 Å². The Kier molecular flexibility index (Phi) is 6.53. The van der Waals surface area contributed by atoms with Gasteiger partial charge in [0.15, 0.2) is 5.79 Å². The Balaban J connectivity index is 1.37. The molecule has 32 heavy (non-hydrogen) atoms. The third-order valence-corrected chi connectivity index (χ3v) is 6.04. The predicted molar refractivity (Wildman–Crippen MR) is 120 cm³/mol. The van der Waals surface area contributed by atoms with Crippen molar-refractivity contribution in [3.8, 4) is 0 Å². The van der Waals surface area contributed by atoms with Gasteiger partial charge < -0.3 is 24.8 Å². The molecule has 0 aliphatic carbocycles. The second kappa shape index (κ2) is 9.19. The van der Waals surface area contributed by atoms with Gasteiger partial charge in [0.1, 0.15) is 17.8 Å². The fraction of sp³-hybridized carbons (Fsp3) is 0.417. The minimum atomic E-state index is -0.789. The highest BCUT2D eigenvalue weighted by Gasteiger charge is 2.60. The largest absolute Gasteiger partial charge is 0.370 e. The topological polar surface area (TPSA) is 85.9 Å². The van der Waals surface area contributed by atoms with Crippen molar-refractivity contribution in [1.29, 1.82) is 0 Å². The van der Waals surface area contributed by atoms with E-state index >= 15 is 0 Å². The summed E-state index contributed by atoms with van der Waals surface area (Å²) < 4.78 is 18.4. The van der Waals surface area contributed by atoms with Crippen LogP contribution in [0.25, 0.3) is 0 Å². The highest BCUT2D eigenvalue weighted by molar-refractivity contribution is 6.33. The fourth-order valence-corrected chi connectivity index (χ4v) is 4.51. The molecule has 2 N–H and O–H groups in total. The molecule has 0 saturated carbocycles. The fourth-order valence-electron chi connectivity index (χ4n) is 4.29. The number of hydrogen-bond donors (Lipinski definition) is 2. The lowest BCUT2D eigenvalue weighted by molar-refractivity contribution is -0.190. The quantitative estimate of drug-likeness (QED) is 0.665. The lowest BCUT2D eigenvalue weighted by Crippen LogP contribution is -2.46. The number of carbonyl (C=O) groups excluding carboxylic acids is 2. The highest BCUT2D eigenvalue weighted by atomic mass is 35.5. The van der Waals surface area contributed by atoms with E-state index in [9.17, 15) is 9.59 Å². The van der Waals surface area contributed by atoms with E-state index < -0.39 is 11.4 Å². The van der Waals surface area contributed by atoms with Crippen molar-refractivity contribution >= 4 is 23.4 Å². The Bertz CT molecular complexity index is 983. The standard InChI is InChI=1S/C24H27ClN2O5/c1-23(2)31-20-19(14-27-22(29)17-10-6-7-11-18(17)25)30-15-24(20,32-23)12-13-26-21(28)16-8-4-3-5-9-16/h3-11,19-20H,12-15H2,1-2H3,(H,26,28)(H,27,29)/t19-,20-,24+/m1/s1. The molecular formula is C24H27ClN2O5. The van der Waals surface area contributed by atoms with Gasteiger partial charge in [0.05, 0.1) is 17.2 Å². The number of hydrogen-bond acceptors (Lipinski definition) is 5. The molecule has 2 aromatic rings. The van der Waals surface area contributed by atoms with Gasteiger partial charge in [0.2, 0.25) is 0 Å². The van der Waals surface area contributed by atoms with Crippen LogP contribution in [-0.4, -0.2) is 55.1 Å². The van der Waals surface area contributed by atoms with Gasteiger partial charge in [-0.3, -0.25) is 9.59 Å². The Morgan fingerprint density at radius 2 is 1.75 bits per heavy atom. The first-order chi connectivity index (χ1) is 15.3. The smallest absolute Gasteiger partial charge is 0.252 e. The summed E-state index contributed by atoms with van der Waals surface area (Å²) >= 11 is 6.12. The molecule has 2 fully saturated rings. The van der Waals surface area contributed by atoms with Crippen LogP contribution in [0.4, 0.5) is 0 Å². The summed E-state index contributed by atoms with van der Waals surface area (Å²) in [5.74, 6) is -1.20. The number of benzene rings is 2. The van der Waals surface area contributed by atoms with Crippen LogP contribution in [0.3, 0.4) is 0 Å². The van der Waals surface area contributed by atoms with Crippen LogP contribution in [0, 0.1) is 0 Å². The van der Waals surface area contributed by atoms with Gasteiger partial charge in [-0.05, 0) is 44.5 Å². The molecule has 2 aliphatic rings. The molecule has 0 bridgehead atoms. The van der Waals surface area contributed by atoms with Crippen LogP contribution < -0.4 is 10.6 Å². The lowest BCUT2D eigenvalue weighted by Gasteiger charge is -2.27. The molecule has 2 amide bonds. The normalized spacial score (nSPS) is 25.8. The van der Waals surface area contributed by atoms with E-state index in [1.54, 1.807) is 36.4 Å². The third-order valence-electron chi connectivity index (χ3n) is 5.71. The molecule has 2 aliphatic heterocycles. The number of fused-ring (bicyclic) bond motifs is 1. The van der Waals surface area contributed by atoms with Crippen molar-refractivity contribution in [1.82, 2.24) is 10.6 Å². The first kappa shape index (κ1) is 22.7. The molecule has 0 spiro atoms. The van der Waals surface area contributed by atoms with Crippen molar-refractivity contribution in [2.45, 2.75) is 43.9 Å². The molecule has 2 saturated heterocycles. The number of ether oxygens (including phenoxy) is 3. The van der Waals surface area contributed by atoms with Crippen LogP contribution in [0.2, 0.25) is 5.02 Å². The van der Waals surface area contributed by atoms with Crippen LogP contribution in [-0.2, 0) is 14.2 Å². The highest BCUT2D eigenvalue weighted by Crippen LogP contribution is 2.45. The summed E-state index contributed by atoms with van der Waals surface area (Å²) in [6, 6.07) is 15.9. The summed E-state index contributed by atoms with van der Waals surface area (Å²) in [5, 5.41) is 6.21. The Hall–Kier alpha value is -2.45. The maximum absolute atomic E-state index is 12.5. The maximum atomic E-state index is 12.5. The van der Waals surface area contributed by atoms with E-state index in [4.69, 9.17) is 25.8 Å². The summed E-state index contributed by atoms with van der Waals surface area (Å²) in [4.78, 5) is 24.9. The summed E-state index contributed by atoms with van der Waals surface area (Å²) in [5.41, 5.74) is 0.312. The Labute approximate surface area is 192 Å². The van der Waals surface area contributed by atoms with Crippen molar-refractivity contribution in [3.05, 3.63) is 70.7 Å². The lowest BCUT2D eigenvalue weighted by atomic mass is 9.92. The minimum Gasteiger partial charge on any atom is -0.370 e. The van der Waals surface area contributed by atoms with E-state index in [1.807, 2.05) is 32.0 Å². The van der Waals surface area contributed by atoms with Crippen LogP contribution in [0.15, 0.2) is 54.6 Å². The van der Waals surface area contributed by atoms with Gasteiger partial charge in [0, 0.05) is 18.7 Å². The van der Waals surface area contributed by atoms with Gasteiger partial charge in [-0.25, -0.2) is 0 Å². The van der Waals surface area contributed by atoms with Gasteiger partial charge in [-0.2, -0.15) is 0 Å². The van der Waals surface area contributed by atoms with Crippen molar-refractivity contribution in [2.24, 2.45) is 0 Å². The molecule has 170 valence electrons. The monoisotopic (exact) mass is 458 g/mol. The molecule has 2 aromatic carbocycles. The molecule has 7 nitrogen and oxygen atoms in total. The van der Waals surface area contributed by atoms with Crippen LogP contribution >= 0.6 is 11.6 Å². The Morgan fingerprint density at radius 1 is 1.03 bits per heavy atom. The number of halogens is 1. The zero-order chi connectivity index (χ0) is 22.8. The zero-order valence-corrected chi connectivity index (χ0v) is 18.9.